The minimum absolute atomic E-state index is 0.0773. The topological polar surface area (TPSA) is 50.4 Å². The Labute approximate surface area is 92.8 Å². The summed E-state index contributed by atoms with van der Waals surface area (Å²) in [5, 5.41) is 6.03. The fraction of sp³-hybridized carbons (Fsp3) is 0.909. The summed E-state index contributed by atoms with van der Waals surface area (Å²) in [5.74, 6) is 0.0773. The Morgan fingerprint density at radius 2 is 1.93 bits per heavy atom. The molecule has 0 aliphatic rings. The van der Waals surface area contributed by atoms with Crippen molar-refractivity contribution < 1.29 is 9.53 Å². The SMILES string of the molecule is COCCNC(=O)CCNCC(C)(C)C. The lowest BCUT2D eigenvalue weighted by Crippen LogP contribution is -2.33. The number of hydrogen-bond acceptors (Lipinski definition) is 3. The van der Waals surface area contributed by atoms with Crippen LogP contribution in [0.5, 0.6) is 0 Å². The molecule has 2 N–H and O–H groups in total. The molecule has 4 heteroatoms. The van der Waals surface area contributed by atoms with E-state index >= 15 is 0 Å². The van der Waals surface area contributed by atoms with Crippen LogP contribution in [-0.4, -0.2) is 39.3 Å². The third kappa shape index (κ3) is 11.3. The number of carbonyl (C=O) groups is 1. The van der Waals surface area contributed by atoms with Crippen molar-refractivity contribution in [3.8, 4) is 0 Å². The Kier molecular flexibility index (Phi) is 7.34. The average molecular weight is 216 g/mol. The van der Waals surface area contributed by atoms with Gasteiger partial charge in [0.2, 0.25) is 5.91 Å². The van der Waals surface area contributed by atoms with Crippen LogP contribution in [0.25, 0.3) is 0 Å². The zero-order valence-electron chi connectivity index (χ0n) is 10.4. The number of ether oxygens (including phenoxy) is 1. The molecule has 0 aliphatic heterocycles. The standard InChI is InChI=1S/C11H24N2O2/c1-11(2,3)9-12-6-5-10(14)13-7-8-15-4/h12H,5-9H2,1-4H3,(H,13,14). The maximum Gasteiger partial charge on any atom is 0.221 e. The van der Waals surface area contributed by atoms with E-state index in [0.29, 0.717) is 19.6 Å². The van der Waals surface area contributed by atoms with Gasteiger partial charge in [0.05, 0.1) is 6.61 Å². The number of amides is 1. The highest BCUT2D eigenvalue weighted by atomic mass is 16.5. The maximum absolute atomic E-state index is 11.2. The molecular formula is C11H24N2O2. The Balaban J connectivity index is 3.32. The summed E-state index contributed by atoms with van der Waals surface area (Å²) in [6, 6.07) is 0. The minimum atomic E-state index is 0.0773. The highest BCUT2D eigenvalue weighted by Crippen LogP contribution is 2.09. The lowest BCUT2D eigenvalue weighted by atomic mass is 9.97. The van der Waals surface area contributed by atoms with Crippen molar-refractivity contribution in [1.82, 2.24) is 10.6 Å². The first-order valence-corrected chi connectivity index (χ1v) is 5.42. The van der Waals surface area contributed by atoms with Gasteiger partial charge in [0.15, 0.2) is 0 Å². The minimum Gasteiger partial charge on any atom is -0.383 e. The molecule has 0 fully saturated rings. The lowest BCUT2D eigenvalue weighted by Gasteiger charge is -2.18. The highest BCUT2D eigenvalue weighted by molar-refractivity contribution is 5.75. The van der Waals surface area contributed by atoms with Crippen LogP contribution >= 0.6 is 0 Å². The molecule has 0 radical (unpaired) electrons. The molecule has 4 nitrogen and oxygen atoms in total. The van der Waals surface area contributed by atoms with Crippen LogP contribution in [0.4, 0.5) is 0 Å². The first-order valence-electron chi connectivity index (χ1n) is 5.42. The quantitative estimate of drug-likeness (QED) is 0.618. The van der Waals surface area contributed by atoms with Gasteiger partial charge in [0.1, 0.15) is 0 Å². The summed E-state index contributed by atoms with van der Waals surface area (Å²) in [6.45, 7) is 9.32. The van der Waals surface area contributed by atoms with Crippen molar-refractivity contribution in [2.45, 2.75) is 27.2 Å². The molecule has 0 aromatic rings. The Morgan fingerprint density at radius 3 is 2.47 bits per heavy atom. The predicted molar refractivity (Wildman–Crippen MR) is 61.8 cm³/mol. The molecular weight excluding hydrogens is 192 g/mol. The van der Waals surface area contributed by atoms with E-state index in [1.807, 2.05) is 0 Å². The van der Waals surface area contributed by atoms with Crippen molar-refractivity contribution in [2.75, 3.05) is 33.4 Å². The van der Waals surface area contributed by atoms with E-state index in [-0.39, 0.29) is 11.3 Å². The van der Waals surface area contributed by atoms with Gasteiger partial charge in [-0.2, -0.15) is 0 Å². The van der Waals surface area contributed by atoms with E-state index in [9.17, 15) is 4.79 Å². The molecule has 0 rings (SSSR count). The number of nitrogens with one attached hydrogen (secondary N) is 2. The summed E-state index contributed by atoms with van der Waals surface area (Å²) >= 11 is 0. The van der Waals surface area contributed by atoms with E-state index in [1.54, 1.807) is 7.11 Å². The smallest absolute Gasteiger partial charge is 0.221 e. The third-order valence-electron chi connectivity index (χ3n) is 1.81. The van der Waals surface area contributed by atoms with Gasteiger partial charge in [-0.1, -0.05) is 20.8 Å². The van der Waals surface area contributed by atoms with Gasteiger partial charge in [-0.25, -0.2) is 0 Å². The molecule has 0 aromatic heterocycles. The molecule has 0 aromatic carbocycles. The molecule has 0 heterocycles. The van der Waals surface area contributed by atoms with Gasteiger partial charge in [0, 0.05) is 33.2 Å². The lowest BCUT2D eigenvalue weighted by molar-refractivity contribution is -0.121. The van der Waals surface area contributed by atoms with Gasteiger partial charge in [-0.15, -0.1) is 0 Å². The average Bonchev–Trinajstić information content (AvgIpc) is 2.11. The first-order chi connectivity index (χ1) is 6.95. The van der Waals surface area contributed by atoms with Crippen LogP contribution in [0.1, 0.15) is 27.2 Å². The summed E-state index contributed by atoms with van der Waals surface area (Å²) < 4.78 is 4.83. The normalized spacial score (nSPS) is 11.5. The van der Waals surface area contributed by atoms with Crippen LogP contribution in [0.3, 0.4) is 0 Å². The van der Waals surface area contributed by atoms with Crippen molar-refractivity contribution in [2.24, 2.45) is 5.41 Å². The fourth-order valence-corrected chi connectivity index (χ4v) is 1.05. The van der Waals surface area contributed by atoms with Gasteiger partial charge >= 0.3 is 0 Å². The number of hydrogen-bond donors (Lipinski definition) is 2. The molecule has 0 saturated heterocycles. The van der Waals surface area contributed by atoms with Crippen LogP contribution in [-0.2, 0) is 9.53 Å². The zero-order chi connectivity index (χ0) is 11.7. The largest absolute Gasteiger partial charge is 0.383 e. The Bertz CT molecular complexity index is 176. The van der Waals surface area contributed by atoms with E-state index in [0.717, 1.165) is 13.1 Å². The number of carbonyl (C=O) groups excluding carboxylic acids is 1. The molecule has 0 unspecified atom stereocenters. The van der Waals surface area contributed by atoms with Crippen LogP contribution in [0.2, 0.25) is 0 Å². The number of methoxy groups -OCH3 is 1. The van der Waals surface area contributed by atoms with Crippen LogP contribution in [0.15, 0.2) is 0 Å². The molecule has 1 amide bonds. The molecule has 90 valence electrons. The van der Waals surface area contributed by atoms with Crippen LogP contribution in [0, 0.1) is 5.41 Å². The summed E-state index contributed by atoms with van der Waals surface area (Å²) in [4.78, 5) is 11.2. The number of rotatable bonds is 7. The Morgan fingerprint density at radius 1 is 1.27 bits per heavy atom. The van der Waals surface area contributed by atoms with Gasteiger partial charge in [-0.3, -0.25) is 4.79 Å². The van der Waals surface area contributed by atoms with E-state index in [1.165, 1.54) is 0 Å². The summed E-state index contributed by atoms with van der Waals surface area (Å²) in [6.07, 6.45) is 0.528. The maximum atomic E-state index is 11.2. The van der Waals surface area contributed by atoms with Crippen LogP contribution < -0.4 is 10.6 Å². The predicted octanol–water partition coefficient (Wildman–Crippen LogP) is 0.775. The fourth-order valence-electron chi connectivity index (χ4n) is 1.05. The second-order valence-electron chi connectivity index (χ2n) is 4.83. The zero-order valence-corrected chi connectivity index (χ0v) is 10.4. The van der Waals surface area contributed by atoms with E-state index in [2.05, 4.69) is 31.4 Å². The van der Waals surface area contributed by atoms with Crippen molar-refractivity contribution in [3.63, 3.8) is 0 Å². The molecule has 0 aliphatic carbocycles. The molecule has 0 atom stereocenters. The van der Waals surface area contributed by atoms with Crippen molar-refractivity contribution in [1.29, 1.82) is 0 Å². The van der Waals surface area contributed by atoms with E-state index in [4.69, 9.17) is 4.74 Å². The van der Waals surface area contributed by atoms with E-state index < -0.39 is 0 Å². The van der Waals surface area contributed by atoms with Gasteiger partial charge < -0.3 is 15.4 Å². The second-order valence-corrected chi connectivity index (χ2v) is 4.83. The van der Waals surface area contributed by atoms with Gasteiger partial charge in [0.25, 0.3) is 0 Å². The van der Waals surface area contributed by atoms with Crippen molar-refractivity contribution >= 4 is 5.91 Å². The third-order valence-corrected chi connectivity index (χ3v) is 1.81. The highest BCUT2D eigenvalue weighted by Gasteiger charge is 2.09. The van der Waals surface area contributed by atoms with Crippen molar-refractivity contribution in [3.05, 3.63) is 0 Å². The molecule has 0 bridgehead atoms. The summed E-state index contributed by atoms with van der Waals surface area (Å²) in [7, 11) is 1.62. The summed E-state index contributed by atoms with van der Waals surface area (Å²) in [5.41, 5.74) is 0.270. The molecule has 15 heavy (non-hydrogen) atoms. The molecule has 0 saturated carbocycles. The monoisotopic (exact) mass is 216 g/mol. The van der Waals surface area contributed by atoms with Gasteiger partial charge in [-0.05, 0) is 5.41 Å². The Hall–Kier alpha value is -0.610. The first kappa shape index (κ1) is 14.4. The second kappa shape index (κ2) is 7.65. The molecule has 0 spiro atoms.